The van der Waals surface area contributed by atoms with E-state index in [0.717, 1.165) is 16.7 Å². The van der Waals surface area contributed by atoms with Crippen LogP contribution >= 0.6 is 15.9 Å². The Morgan fingerprint density at radius 3 is 2.34 bits per heavy atom. The molecule has 0 N–H and O–H groups in total. The molecule has 1 unspecified atom stereocenters. The summed E-state index contributed by atoms with van der Waals surface area (Å²) in [4.78, 5) is 13.4. The van der Waals surface area contributed by atoms with Crippen molar-refractivity contribution in [2.75, 3.05) is 7.11 Å². The molecule has 32 heavy (non-hydrogen) atoms. The molecule has 1 heterocycles. The highest BCUT2D eigenvalue weighted by molar-refractivity contribution is 9.10. The van der Waals surface area contributed by atoms with Gasteiger partial charge in [0, 0.05) is 0 Å². The lowest BCUT2D eigenvalue weighted by Gasteiger charge is -2.17. The predicted octanol–water partition coefficient (Wildman–Crippen LogP) is 5.87. The van der Waals surface area contributed by atoms with Crippen molar-refractivity contribution in [3.05, 3.63) is 111 Å². The first-order chi connectivity index (χ1) is 15.6. The molecule has 0 fully saturated rings. The molecule has 162 valence electrons. The number of hydrogen-bond donors (Lipinski definition) is 0. The molecule has 0 saturated heterocycles. The molecule has 0 aliphatic carbocycles. The van der Waals surface area contributed by atoms with Gasteiger partial charge in [0.15, 0.2) is 11.5 Å². The Balaban J connectivity index is 1.68. The van der Waals surface area contributed by atoms with Crippen molar-refractivity contribution in [3.63, 3.8) is 0 Å². The van der Waals surface area contributed by atoms with Gasteiger partial charge in [-0.15, -0.1) is 0 Å². The number of methoxy groups -OCH3 is 1. The number of hydrogen-bond acceptors (Lipinski definition) is 4. The lowest BCUT2D eigenvalue weighted by molar-refractivity contribution is 0.284. The lowest BCUT2D eigenvalue weighted by Crippen LogP contribution is -2.28. The first kappa shape index (κ1) is 21.8. The fourth-order valence-corrected chi connectivity index (χ4v) is 4.02. The van der Waals surface area contributed by atoms with Gasteiger partial charge >= 0.3 is 0 Å². The molecule has 0 amide bonds. The minimum atomic E-state index is -0.203. The third-order valence-corrected chi connectivity index (χ3v) is 5.90. The van der Waals surface area contributed by atoms with E-state index in [4.69, 9.17) is 9.47 Å². The molecule has 0 bridgehead atoms. The van der Waals surface area contributed by atoms with Crippen LogP contribution < -0.4 is 15.0 Å². The van der Waals surface area contributed by atoms with Gasteiger partial charge < -0.3 is 9.47 Å². The van der Waals surface area contributed by atoms with E-state index in [1.54, 1.807) is 13.3 Å². The number of rotatable bonds is 7. The molecule has 5 nitrogen and oxygen atoms in total. The van der Waals surface area contributed by atoms with Crippen LogP contribution in [0.3, 0.4) is 0 Å². The van der Waals surface area contributed by atoms with Crippen LogP contribution in [0, 0.1) is 0 Å². The Labute approximate surface area is 195 Å². The van der Waals surface area contributed by atoms with Gasteiger partial charge in [-0.1, -0.05) is 66.7 Å². The number of halogens is 1. The maximum absolute atomic E-state index is 13.4. The Morgan fingerprint density at radius 1 is 0.969 bits per heavy atom. The van der Waals surface area contributed by atoms with Crippen molar-refractivity contribution in [2.45, 2.75) is 19.6 Å². The van der Waals surface area contributed by atoms with Gasteiger partial charge in [-0.05, 0) is 51.7 Å². The van der Waals surface area contributed by atoms with Gasteiger partial charge in [0.1, 0.15) is 6.61 Å². The molecular formula is C26H23BrN2O3. The van der Waals surface area contributed by atoms with Crippen LogP contribution in [0.4, 0.5) is 0 Å². The van der Waals surface area contributed by atoms with E-state index in [-0.39, 0.29) is 11.6 Å². The third-order valence-electron chi connectivity index (χ3n) is 5.29. The topological polar surface area (TPSA) is 53.4 Å². The summed E-state index contributed by atoms with van der Waals surface area (Å²) in [6, 6.07) is 25.1. The van der Waals surface area contributed by atoms with E-state index in [0.29, 0.717) is 28.1 Å². The average molecular weight is 491 g/mol. The van der Waals surface area contributed by atoms with Gasteiger partial charge in [-0.2, -0.15) is 5.10 Å². The average Bonchev–Trinajstić information content (AvgIpc) is 2.84. The molecule has 0 aliphatic heterocycles. The van der Waals surface area contributed by atoms with Crippen molar-refractivity contribution in [1.82, 2.24) is 9.78 Å². The molecule has 3 aromatic carbocycles. The van der Waals surface area contributed by atoms with Crippen LogP contribution in [-0.2, 0) is 6.61 Å². The van der Waals surface area contributed by atoms with Crippen molar-refractivity contribution in [2.24, 2.45) is 0 Å². The van der Waals surface area contributed by atoms with Crippen LogP contribution in [0.15, 0.2) is 94.3 Å². The zero-order valence-corrected chi connectivity index (χ0v) is 19.5. The number of aromatic nitrogens is 2. The minimum absolute atomic E-state index is 0.185. The summed E-state index contributed by atoms with van der Waals surface area (Å²) in [7, 11) is 1.59. The Morgan fingerprint density at radius 2 is 1.66 bits per heavy atom. The zero-order valence-electron chi connectivity index (χ0n) is 17.9. The summed E-state index contributed by atoms with van der Waals surface area (Å²) in [6.45, 7) is 2.39. The van der Waals surface area contributed by atoms with Crippen LogP contribution in [-0.4, -0.2) is 16.9 Å². The van der Waals surface area contributed by atoms with Crippen molar-refractivity contribution in [3.8, 4) is 22.6 Å². The second-order valence-electron chi connectivity index (χ2n) is 7.34. The minimum Gasteiger partial charge on any atom is -0.493 e. The van der Waals surface area contributed by atoms with Gasteiger partial charge in [0.2, 0.25) is 0 Å². The van der Waals surface area contributed by atoms with Crippen molar-refractivity contribution >= 4 is 15.9 Å². The van der Waals surface area contributed by atoms with Crippen molar-refractivity contribution < 1.29 is 9.47 Å². The summed E-state index contributed by atoms with van der Waals surface area (Å²) in [6.07, 6.45) is 1.66. The Kier molecular flexibility index (Phi) is 6.71. The SMILES string of the molecule is COc1cc(-c2c(Br)cnn(C(C)c3ccccc3)c2=O)ccc1OCc1ccccc1. The van der Waals surface area contributed by atoms with Crippen LogP contribution in [0.25, 0.3) is 11.1 Å². The van der Waals surface area contributed by atoms with E-state index in [1.807, 2.05) is 85.8 Å². The Bertz CT molecular complexity index is 1260. The highest BCUT2D eigenvalue weighted by Gasteiger charge is 2.18. The molecule has 0 spiro atoms. The quantitative estimate of drug-likeness (QED) is 0.325. The first-order valence-electron chi connectivity index (χ1n) is 10.3. The highest BCUT2D eigenvalue weighted by atomic mass is 79.9. The second-order valence-corrected chi connectivity index (χ2v) is 8.20. The fourth-order valence-electron chi connectivity index (χ4n) is 3.53. The molecule has 4 aromatic rings. The van der Waals surface area contributed by atoms with E-state index in [2.05, 4.69) is 21.0 Å². The summed E-state index contributed by atoms with van der Waals surface area (Å²) < 4.78 is 13.6. The molecular weight excluding hydrogens is 468 g/mol. The van der Waals surface area contributed by atoms with Crippen LogP contribution in [0.2, 0.25) is 0 Å². The maximum atomic E-state index is 13.4. The standard InChI is InChI=1S/C26H23BrN2O3/c1-18(20-11-7-4-8-12-20)29-26(30)25(22(27)16-28-29)21-13-14-23(24(15-21)31-2)32-17-19-9-5-3-6-10-19/h3-16,18H,17H2,1-2H3. The highest BCUT2D eigenvalue weighted by Crippen LogP contribution is 2.34. The fraction of sp³-hybridized carbons (Fsp3) is 0.154. The van der Waals surface area contributed by atoms with E-state index in [1.165, 1.54) is 4.68 Å². The van der Waals surface area contributed by atoms with Crippen LogP contribution in [0.1, 0.15) is 24.1 Å². The third kappa shape index (κ3) is 4.60. The summed E-state index contributed by atoms with van der Waals surface area (Å²) in [5.41, 5.74) is 3.14. The van der Waals surface area contributed by atoms with E-state index >= 15 is 0 Å². The molecule has 1 aromatic heterocycles. The van der Waals surface area contributed by atoms with Gasteiger partial charge in [-0.25, -0.2) is 4.68 Å². The Hall–Kier alpha value is -3.38. The zero-order chi connectivity index (χ0) is 22.5. The largest absolute Gasteiger partial charge is 0.493 e. The van der Waals surface area contributed by atoms with Gasteiger partial charge in [0.25, 0.3) is 5.56 Å². The number of ether oxygens (including phenoxy) is 2. The summed E-state index contributed by atoms with van der Waals surface area (Å²) >= 11 is 3.50. The molecule has 6 heteroatoms. The lowest BCUT2D eigenvalue weighted by atomic mass is 10.1. The smallest absolute Gasteiger partial charge is 0.276 e. The normalized spacial score (nSPS) is 11.7. The molecule has 4 rings (SSSR count). The molecule has 0 aliphatic rings. The maximum Gasteiger partial charge on any atom is 0.276 e. The van der Waals surface area contributed by atoms with Gasteiger partial charge in [-0.3, -0.25) is 4.79 Å². The number of nitrogens with zero attached hydrogens (tertiary/aromatic N) is 2. The van der Waals surface area contributed by atoms with Crippen molar-refractivity contribution in [1.29, 1.82) is 0 Å². The number of benzene rings is 3. The van der Waals surface area contributed by atoms with Crippen LogP contribution in [0.5, 0.6) is 11.5 Å². The summed E-state index contributed by atoms with van der Waals surface area (Å²) in [5, 5.41) is 4.36. The molecule has 1 atom stereocenters. The first-order valence-corrected chi connectivity index (χ1v) is 11.0. The second kappa shape index (κ2) is 9.83. The molecule has 0 radical (unpaired) electrons. The predicted molar refractivity (Wildman–Crippen MR) is 129 cm³/mol. The summed E-state index contributed by atoms with van der Waals surface area (Å²) in [5.74, 6) is 1.17. The molecule has 0 saturated carbocycles. The monoisotopic (exact) mass is 490 g/mol. The van der Waals surface area contributed by atoms with Gasteiger partial charge in [0.05, 0.1) is 29.4 Å². The van der Waals surface area contributed by atoms with E-state index < -0.39 is 0 Å². The van der Waals surface area contributed by atoms with E-state index in [9.17, 15) is 4.79 Å².